The van der Waals surface area contributed by atoms with Crippen molar-refractivity contribution in [3.8, 4) is 0 Å². The third-order valence-electron chi connectivity index (χ3n) is 8.87. The number of fused-ring (bicyclic) bond motifs is 20. The van der Waals surface area contributed by atoms with Gasteiger partial charge in [-0.3, -0.25) is 16.8 Å². The molecule has 4 aromatic carbocycles. The lowest BCUT2D eigenvalue weighted by Gasteiger charge is -2.25. The number of hydrogen-bond donors (Lipinski definition) is 8. The number of benzene rings is 4. The van der Waals surface area contributed by atoms with Crippen LogP contribution < -0.4 is 40.8 Å². The number of aromatic nitrogens is 4. The molecule has 0 aliphatic carbocycles. The van der Waals surface area contributed by atoms with Crippen LogP contribution in [0.2, 0.25) is 0 Å². The van der Waals surface area contributed by atoms with Gasteiger partial charge in [0.1, 0.15) is 45.2 Å². The minimum absolute atomic E-state index is 0.167. The number of hydrogen-bond acceptors (Lipinski definition) is 12. The molecule has 5 heterocycles. The third kappa shape index (κ3) is 6.14. The van der Waals surface area contributed by atoms with Gasteiger partial charge in [-0.15, -0.1) is 0 Å². The van der Waals surface area contributed by atoms with Gasteiger partial charge >= 0.3 is 0 Å². The van der Waals surface area contributed by atoms with Gasteiger partial charge in [-0.2, -0.15) is 0 Å². The molecule has 0 spiro atoms. The van der Waals surface area contributed by atoms with Crippen LogP contribution in [0.5, 0.6) is 0 Å². The molecule has 0 radical (unpaired) electrons. The highest BCUT2D eigenvalue weighted by Gasteiger charge is 2.26. The Morgan fingerprint density at radius 2 is 0.643 bits per heavy atom. The number of anilines is 4. The van der Waals surface area contributed by atoms with Crippen molar-refractivity contribution >= 4 is 134 Å². The molecule has 0 saturated heterocycles. The van der Waals surface area contributed by atoms with Crippen LogP contribution in [0.25, 0.3) is 43.1 Å². The molecule has 8 bridgehead atoms. The lowest BCUT2D eigenvalue weighted by atomic mass is 10.1. The molecule has 0 amide bonds. The maximum atomic E-state index is 12.3. The summed E-state index contributed by atoms with van der Waals surface area (Å²) in [6.45, 7) is 0. The van der Waals surface area contributed by atoms with Crippen molar-refractivity contribution in [1.82, 2.24) is 19.9 Å². The van der Waals surface area contributed by atoms with Gasteiger partial charge in [-0.1, -0.05) is 72.8 Å². The molecule has 4 atom stereocenters. The largest absolute Gasteiger partial charge is 0.755 e. The summed E-state index contributed by atoms with van der Waals surface area (Å²) in [6.07, 6.45) is 0. The number of aromatic amines is 4. The quantitative estimate of drug-likeness (QED) is 0.105. The number of H-pyrrole nitrogens is 4. The molecule has 9 rings (SSSR count). The minimum Gasteiger partial charge on any atom is -0.755 e. The summed E-state index contributed by atoms with van der Waals surface area (Å²) in [7, 11) is 0. The van der Waals surface area contributed by atoms with Crippen LogP contribution in [-0.2, 0) is 45.1 Å². The summed E-state index contributed by atoms with van der Waals surface area (Å²) >= 11 is -12.8. The monoisotopic (exact) mass is 828 g/mol. The van der Waals surface area contributed by atoms with E-state index in [1.165, 1.54) is 0 Å². The lowest BCUT2D eigenvalue weighted by molar-refractivity contribution is 0.540. The van der Waals surface area contributed by atoms with Gasteiger partial charge in [0.25, 0.3) is 0 Å². The zero-order valence-electron chi connectivity index (χ0n) is 27.6. The van der Waals surface area contributed by atoms with Crippen molar-refractivity contribution in [3.05, 3.63) is 94.7 Å². The molecular formula is C32H20N12O8S4-4. The molecule has 284 valence electrons. The first-order valence-electron chi connectivity index (χ1n) is 15.9. The van der Waals surface area contributed by atoms with Crippen molar-refractivity contribution in [2.45, 2.75) is 0 Å². The normalized spacial score (nSPS) is 14.6. The zero-order valence-corrected chi connectivity index (χ0v) is 30.9. The Bertz CT molecular complexity index is 3110. The molecule has 0 fully saturated rings. The number of nitrogens with one attached hydrogen (secondary N) is 8. The molecular weight excluding hydrogens is 809 g/mol. The van der Waals surface area contributed by atoms with Gasteiger partial charge in [-0.25, -0.2) is 20.0 Å². The van der Waals surface area contributed by atoms with E-state index in [0.717, 1.165) is 10.8 Å². The highest BCUT2D eigenvalue weighted by Crippen LogP contribution is 2.45. The van der Waals surface area contributed by atoms with E-state index in [4.69, 9.17) is 20.0 Å². The minimum atomic E-state index is -3.21. The molecule has 4 aromatic heterocycles. The molecule has 4 unspecified atom stereocenters. The second-order valence-electron chi connectivity index (χ2n) is 12.0. The van der Waals surface area contributed by atoms with Crippen LogP contribution in [0.1, 0.15) is 0 Å². The van der Waals surface area contributed by atoms with Crippen LogP contribution in [0, 0.1) is 0 Å². The Labute approximate surface area is 321 Å². The van der Waals surface area contributed by atoms with Crippen molar-refractivity contribution in [1.29, 1.82) is 0 Å². The molecule has 1 aliphatic rings. The van der Waals surface area contributed by atoms with E-state index in [0.29, 0.717) is 44.2 Å². The van der Waals surface area contributed by atoms with Crippen LogP contribution in [0.3, 0.4) is 0 Å². The summed E-state index contributed by atoms with van der Waals surface area (Å²) in [5, 5.41) is 3.45. The average Bonchev–Trinajstić information content (AvgIpc) is 3.89. The standard InChI is InChI=1S/C32H24N12O8S4/c45-53(46)41-21-19-20(22(42-54(47)48)24(44-56(51)52)23(21)43-55(49)50)32-39-30-18-12-6-4-10-16(18)28(37-30)35-26-14-8-2-1-7-13(14)25(33-26)34-27-15-9-3-5-11-17(15)29(36-27)38-31(19)40-32/h1-12,41-44H,(H,45,46)(H,47,48)(H,49,50)(H,51,52)(H4,33,34,35,36,37,38,39,40)/p-4. The van der Waals surface area contributed by atoms with E-state index >= 15 is 0 Å². The predicted molar refractivity (Wildman–Crippen MR) is 207 cm³/mol. The second-order valence-corrected chi connectivity index (χ2v) is 14.7. The number of nitrogens with zero attached hydrogens (tertiary/aromatic N) is 4. The lowest BCUT2D eigenvalue weighted by Crippen LogP contribution is -2.17. The van der Waals surface area contributed by atoms with Crippen LogP contribution in [0.4, 0.5) is 46.0 Å². The summed E-state index contributed by atoms with van der Waals surface area (Å²) in [6, 6.07) is 21.8. The van der Waals surface area contributed by atoms with Crippen LogP contribution in [-0.4, -0.2) is 55.0 Å². The van der Waals surface area contributed by atoms with Crippen molar-refractivity contribution in [2.75, 3.05) is 18.9 Å². The van der Waals surface area contributed by atoms with E-state index < -0.39 is 67.8 Å². The van der Waals surface area contributed by atoms with Gasteiger partial charge in [-0.05, 0) is 0 Å². The molecule has 20 nitrogen and oxygen atoms in total. The van der Waals surface area contributed by atoms with Crippen molar-refractivity contribution in [2.24, 2.45) is 20.0 Å². The van der Waals surface area contributed by atoms with E-state index in [1.54, 1.807) is 48.5 Å². The Hall–Kier alpha value is -6.12. The zero-order chi connectivity index (χ0) is 38.8. The summed E-state index contributed by atoms with van der Waals surface area (Å²) in [5.41, 5.74) is -1.87. The van der Waals surface area contributed by atoms with E-state index in [1.807, 2.05) is 33.7 Å². The van der Waals surface area contributed by atoms with E-state index in [9.17, 15) is 35.0 Å². The maximum absolute atomic E-state index is 12.3. The van der Waals surface area contributed by atoms with Crippen LogP contribution >= 0.6 is 0 Å². The van der Waals surface area contributed by atoms with Crippen LogP contribution in [0.15, 0.2) is 92.8 Å². The van der Waals surface area contributed by atoms with Gasteiger partial charge < -0.3 is 57.0 Å². The van der Waals surface area contributed by atoms with Gasteiger partial charge in [0, 0.05) is 77.4 Å². The molecule has 1 aliphatic heterocycles. The van der Waals surface area contributed by atoms with E-state index in [2.05, 4.69) is 29.4 Å². The van der Waals surface area contributed by atoms with E-state index in [-0.39, 0.29) is 33.4 Å². The van der Waals surface area contributed by atoms with Gasteiger partial charge in [0.15, 0.2) is 0 Å². The first-order valence-corrected chi connectivity index (χ1v) is 20.2. The highest BCUT2D eigenvalue weighted by molar-refractivity contribution is 7.81. The first-order chi connectivity index (χ1) is 27.0. The molecule has 24 heteroatoms. The summed E-state index contributed by atoms with van der Waals surface area (Å²) in [5.74, 6) is 1.12. The highest BCUT2D eigenvalue weighted by atomic mass is 32.2. The SMILES string of the molecule is O=S([O-])Nc1c(NS(=O)[O-])c(NS(=O)[O-])c2c3[nH]c(c2c1NS(=O)[O-])=Nc1[nH]c(c2ccccc12)N=c1[nH]c(c2ccccc12)=Nc1[nH]c(c2ccccc12)N=3. The smallest absolute Gasteiger partial charge is 0.144 e. The van der Waals surface area contributed by atoms with Gasteiger partial charge in [0.2, 0.25) is 0 Å². The Balaban J connectivity index is 1.54. The Morgan fingerprint density at radius 3 is 0.964 bits per heavy atom. The van der Waals surface area contributed by atoms with Crippen molar-refractivity contribution < 1.29 is 35.0 Å². The summed E-state index contributed by atoms with van der Waals surface area (Å²) < 4.78 is 106. The Kier molecular flexibility index (Phi) is 8.81. The molecule has 56 heavy (non-hydrogen) atoms. The molecule has 8 N–H and O–H groups in total. The fourth-order valence-electron chi connectivity index (χ4n) is 6.78. The van der Waals surface area contributed by atoms with Crippen molar-refractivity contribution in [3.63, 3.8) is 0 Å². The second kappa shape index (κ2) is 13.9. The number of rotatable bonds is 8. The maximum Gasteiger partial charge on any atom is 0.144 e. The fourth-order valence-corrected chi connectivity index (χ4v) is 8.26. The predicted octanol–water partition coefficient (Wildman–Crippen LogP) is 2.55. The molecule has 8 aromatic rings. The topological polar surface area (TPSA) is 321 Å². The third-order valence-corrected chi connectivity index (χ3v) is 10.4. The Morgan fingerprint density at radius 1 is 0.375 bits per heavy atom. The summed E-state index contributed by atoms with van der Waals surface area (Å²) in [4.78, 5) is 32.4. The molecule has 0 saturated carbocycles. The first kappa shape index (κ1) is 35.6. The average molecular weight is 829 g/mol. The van der Waals surface area contributed by atoms with Gasteiger partial charge in [0.05, 0.1) is 33.5 Å². The fraction of sp³-hybridized carbons (Fsp3) is 0.